The number of nitrogens with zero attached hydrogens (tertiary/aromatic N) is 1. The van der Waals surface area contributed by atoms with E-state index < -0.39 is 0 Å². The summed E-state index contributed by atoms with van der Waals surface area (Å²) >= 11 is 1.85. The van der Waals surface area contributed by atoms with Gasteiger partial charge in [-0.25, -0.2) is 0 Å². The largest absolute Gasteiger partial charge is 0.497 e. The van der Waals surface area contributed by atoms with Gasteiger partial charge in [0.25, 0.3) is 0 Å². The second kappa shape index (κ2) is 7.40. The van der Waals surface area contributed by atoms with Crippen LogP contribution in [-0.4, -0.2) is 12.1 Å². The van der Waals surface area contributed by atoms with Crippen LogP contribution in [0, 0.1) is 0 Å². The number of thiophene rings is 1. The van der Waals surface area contributed by atoms with Gasteiger partial charge in [0.1, 0.15) is 5.75 Å². The van der Waals surface area contributed by atoms with E-state index in [9.17, 15) is 0 Å². The highest BCUT2D eigenvalue weighted by molar-refractivity contribution is 7.18. The average Bonchev–Trinajstić information content (AvgIpc) is 3.19. The SMILES string of the molecule is COc1ccc(-c2ccc(-c3cnccc3C3CCCCC3)s2)cc1. The molecule has 0 amide bonds. The standard InChI is InChI=1S/C22H23NOS/c1-24-18-9-7-17(8-10-18)21-11-12-22(25-21)20-15-23-14-13-19(20)16-5-3-2-4-6-16/h7-16H,2-6H2,1H3. The Kier molecular flexibility index (Phi) is 4.84. The predicted octanol–water partition coefficient (Wildman–Crippen LogP) is 6.53. The quantitative estimate of drug-likeness (QED) is 0.534. The van der Waals surface area contributed by atoms with Crippen LogP contribution in [0.15, 0.2) is 54.9 Å². The number of ether oxygens (including phenoxy) is 1. The summed E-state index contributed by atoms with van der Waals surface area (Å²) in [4.78, 5) is 7.02. The van der Waals surface area contributed by atoms with Crippen LogP contribution in [0.5, 0.6) is 5.75 Å². The fourth-order valence-electron chi connectivity index (χ4n) is 3.77. The number of pyridine rings is 1. The Bertz CT molecular complexity index is 831. The third-order valence-electron chi connectivity index (χ3n) is 5.15. The second-order valence-electron chi connectivity index (χ2n) is 6.69. The van der Waals surface area contributed by atoms with Crippen molar-refractivity contribution in [3.63, 3.8) is 0 Å². The molecular formula is C22H23NOS. The highest BCUT2D eigenvalue weighted by atomic mass is 32.1. The first kappa shape index (κ1) is 16.3. The molecule has 0 radical (unpaired) electrons. The van der Waals surface area contributed by atoms with Gasteiger partial charge in [0.2, 0.25) is 0 Å². The summed E-state index contributed by atoms with van der Waals surface area (Å²) in [5, 5.41) is 0. The van der Waals surface area contributed by atoms with E-state index in [0.29, 0.717) is 5.92 Å². The summed E-state index contributed by atoms with van der Waals surface area (Å²) in [5.41, 5.74) is 4.04. The zero-order chi connectivity index (χ0) is 17.1. The normalized spacial score (nSPS) is 15.2. The van der Waals surface area contributed by atoms with Crippen molar-refractivity contribution in [3.05, 3.63) is 60.4 Å². The zero-order valence-corrected chi connectivity index (χ0v) is 15.4. The number of benzene rings is 1. The van der Waals surface area contributed by atoms with Crippen LogP contribution in [0.25, 0.3) is 20.9 Å². The second-order valence-corrected chi connectivity index (χ2v) is 7.77. The van der Waals surface area contributed by atoms with Crippen LogP contribution in [-0.2, 0) is 0 Å². The van der Waals surface area contributed by atoms with Crippen molar-refractivity contribution in [1.29, 1.82) is 0 Å². The molecule has 1 aliphatic rings. The molecule has 1 aliphatic carbocycles. The van der Waals surface area contributed by atoms with Gasteiger partial charge in [-0.3, -0.25) is 4.98 Å². The summed E-state index contributed by atoms with van der Waals surface area (Å²) in [7, 11) is 1.70. The molecule has 1 saturated carbocycles. The number of hydrogen-bond acceptors (Lipinski definition) is 3. The van der Waals surface area contributed by atoms with Gasteiger partial charge in [-0.15, -0.1) is 11.3 Å². The van der Waals surface area contributed by atoms with Crippen LogP contribution in [0.2, 0.25) is 0 Å². The summed E-state index contributed by atoms with van der Waals surface area (Å²) in [6.07, 6.45) is 10.7. The van der Waals surface area contributed by atoms with Crippen molar-refractivity contribution in [2.24, 2.45) is 0 Å². The van der Waals surface area contributed by atoms with E-state index in [2.05, 4.69) is 35.3 Å². The Balaban J connectivity index is 1.65. The van der Waals surface area contributed by atoms with Gasteiger partial charge < -0.3 is 4.74 Å². The minimum atomic E-state index is 0.693. The highest BCUT2D eigenvalue weighted by Gasteiger charge is 2.20. The van der Waals surface area contributed by atoms with E-state index in [0.717, 1.165) is 5.75 Å². The molecule has 1 aromatic carbocycles. The van der Waals surface area contributed by atoms with E-state index in [1.807, 2.05) is 35.9 Å². The average molecular weight is 349 g/mol. The van der Waals surface area contributed by atoms with Gasteiger partial charge in [0, 0.05) is 27.7 Å². The minimum absolute atomic E-state index is 0.693. The van der Waals surface area contributed by atoms with Crippen LogP contribution in [0.4, 0.5) is 0 Å². The zero-order valence-electron chi connectivity index (χ0n) is 14.6. The molecule has 25 heavy (non-hydrogen) atoms. The Morgan fingerprint density at radius 1 is 0.920 bits per heavy atom. The molecule has 2 nitrogen and oxygen atoms in total. The van der Waals surface area contributed by atoms with E-state index in [1.54, 1.807) is 7.11 Å². The van der Waals surface area contributed by atoms with Crippen molar-refractivity contribution in [2.75, 3.05) is 7.11 Å². The van der Waals surface area contributed by atoms with E-state index in [1.165, 1.54) is 58.5 Å². The van der Waals surface area contributed by atoms with E-state index in [4.69, 9.17) is 4.74 Å². The lowest BCUT2D eigenvalue weighted by molar-refractivity contribution is 0.415. The van der Waals surface area contributed by atoms with Gasteiger partial charge >= 0.3 is 0 Å². The molecule has 2 aromatic heterocycles. The maximum Gasteiger partial charge on any atom is 0.118 e. The summed E-state index contributed by atoms with van der Waals surface area (Å²) < 4.78 is 5.26. The molecule has 0 saturated heterocycles. The summed E-state index contributed by atoms with van der Waals surface area (Å²) in [5.74, 6) is 1.59. The van der Waals surface area contributed by atoms with Crippen molar-refractivity contribution in [1.82, 2.24) is 4.98 Å². The molecule has 128 valence electrons. The van der Waals surface area contributed by atoms with Crippen molar-refractivity contribution < 1.29 is 4.74 Å². The molecular weight excluding hydrogens is 326 g/mol. The monoisotopic (exact) mass is 349 g/mol. The highest BCUT2D eigenvalue weighted by Crippen LogP contribution is 2.41. The maximum absolute atomic E-state index is 5.26. The molecule has 0 spiro atoms. The van der Waals surface area contributed by atoms with Crippen molar-refractivity contribution in [3.8, 4) is 26.6 Å². The van der Waals surface area contributed by atoms with Crippen LogP contribution in [0.1, 0.15) is 43.6 Å². The molecule has 1 fully saturated rings. The molecule has 3 heteroatoms. The fourth-order valence-corrected chi connectivity index (χ4v) is 4.82. The molecule has 0 unspecified atom stereocenters. The number of hydrogen-bond donors (Lipinski definition) is 0. The smallest absolute Gasteiger partial charge is 0.118 e. The topological polar surface area (TPSA) is 22.1 Å². The lowest BCUT2D eigenvalue weighted by atomic mass is 9.82. The minimum Gasteiger partial charge on any atom is -0.497 e. The molecule has 0 aliphatic heterocycles. The number of methoxy groups -OCH3 is 1. The molecule has 0 atom stereocenters. The predicted molar refractivity (Wildman–Crippen MR) is 105 cm³/mol. The van der Waals surface area contributed by atoms with Gasteiger partial charge in [0.15, 0.2) is 0 Å². The molecule has 0 bridgehead atoms. The van der Waals surface area contributed by atoms with Gasteiger partial charge in [0.05, 0.1) is 7.11 Å². The third-order valence-corrected chi connectivity index (χ3v) is 6.31. The van der Waals surface area contributed by atoms with E-state index in [-0.39, 0.29) is 0 Å². The first-order chi connectivity index (χ1) is 12.3. The fraction of sp³-hybridized carbons (Fsp3) is 0.318. The molecule has 4 rings (SSSR count). The lowest BCUT2D eigenvalue weighted by Crippen LogP contribution is -2.05. The molecule has 2 heterocycles. The van der Waals surface area contributed by atoms with Crippen LogP contribution in [0.3, 0.4) is 0 Å². The van der Waals surface area contributed by atoms with Gasteiger partial charge in [-0.1, -0.05) is 19.3 Å². The Morgan fingerprint density at radius 3 is 2.44 bits per heavy atom. The third kappa shape index (κ3) is 3.47. The molecule has 3 aromatic rings. The first-order valence-electron chi connectivity index (χ1n) is 9.03. The first-order valence-corrected chi connectivity index (χ1v) is 9.85. The summed E-state index contributed by atoms with van der Waals surface area (Å²) in [6, 6.07) is 15.0. The van der Waals surface area contributed by atoms with Crippen LogP contribution >= 0.6 is 11.3 Å². The van der Waals surface area contributed by atoms with E-state index >= 15 is 0 Å². The number of aromatic nitrogens is 1. The maximum atomic E-state index is 5.26. The van der Waals surface area contributed by atoms with Crippen molar-refractivity contribution in [2.45, 2.75) is 38.0 Å². The summed E-state index contributed by atoms with van der Waals surface area (Å²) in [6.45, 7) is 0. The van der Waals surface area contributed by atoms with Gasteiger partial charge in [-0.2, -0.15) is 0 Å². The van der Waals surface area contributed by atoms with Crippen LogP contribution < -0.4 is 4.74 Å². The Hall–Kier alpha value is -2.13. The van der Waals surface area contributed by atoms with Crippen molar-refractivity contribution >= 4 is 11.3 Å². The van der Waals surface area contributed by atoms with Gasteiger partial charge in [-0.05, 0) is 72.4 Å². The lowest BCUT2D eigenvalue weighted by Gasteiger charge is -2.23. The Morgan fingerprint density at radius 2 is 1.68 bits per heavy atom. The number of rotatable bonds is 4. The Labute approximate surface area is 153 Å². The molecule has 0 N–H and O–H groups in total.